The van der Waals surface area contributed by atoms with Crippen LogP contribution in [0.4, 0.5) is 9.52 Å². The lowest BCUT2D eigenvalue weighted by Gasteiger charge is -2.07. The SMILES string of the molecule is Cc1nc(NS(=O)(=O)c2ccc(F)cc2Br)sc1C. The van der Waals surface area contributed by atoms with E-state index < -0.39 is 15.8 Å². The maximum Gasteiger partial charge on any atom is 0.264 e. The van der Waals surface area contributed by atoms with Crippen LogP contribution in [0, 0.1) is 19.7 Å². The van der Waals surface area contributed by atoms with Gasteiger partial charge in [-0.3, -0.25) is 4.72 Å². The molecule has 1 aromatic heterocycles. The van der Waals surface area contributed by atoms with E-state index in [1.165, 1.54) is 17.4 Å². The highest BCUT2D eigenvalue weighted by molar-refractivity contribution is 9.10. The zero-order chi connectivity index (χ0) is 14.2. The van der Waals surface area contributed by atoms with Crippen LogP contribution in [0.15, 0.2) is 27.6 Å². The molecule has 0 aliphatic carbocycles. The zero-order valence-corrected chi connectivity index (χ0v) is 13.3. The fourth-order valence-corrected chi connectivity index (χ4v) is 4.48. The standard InChI is InChI=1S/C11H10BrFN2O2S2/c1-6-7(2)18-11(14-6)15-19(16,17)10-4-3-8(13)5-9(10)12/h3-5H,1-2H3,(H,14,15). The molecule has 1 N–H and O–H groups in total. The Morgan fingerprint density at radius 1 is 1.37 bits per heavy atom. The van der Waals surface area contributed by atoms with Gasteiger partial charge in [0.1, 0.15) is 10.7 Å². The number of benzene rings is 1. The number of hydrogen-bond donors (Lipinski definition) is 1. The molecule has 4 nitrogen and oxygen atoms in total. The third kappa shape index (κ3) is 3.13. The maximum atomic E-state index is 13.0. The minimum atomic E-state index is -3.78. The minimum absolute atomic E-state index is 0.0283. The van der Waals surface area contributed by atoms with Crippen molar-refractivity contribution in [2.24, 2.45) is 0 Å². The molecule has 0 radical (unpaired) electrons. The molecular formula is C11H10BrFN2O2S2. The van der Waals surface area contributed by atoms with Gasteiger partial charge in [0, 0.05) is 9.35 Å². The number of nitrogens with one attached hydrogen (secondary N) is 1. The predicted molar refractivity (Wildman–Crippen MR) is 76.5 cm³/mol. The van der Waals surface area contributed by atoms with Crippen LogP contribution in [0.5, 0.6) is 0 Å². The lowest BCUT2D eigenvalue weighted by Crippen LogP contribution is -2.13. The molecule has 0 spiro atoms. The van der Waals surface area contributed by atoms with E-state index in [-0.39, 0.29) is 9.37 Å². The molecule has 0 unspecified atom stereocenters. The number of aromatic nitrogens is 1. The van der Waals surface area contributed by atoms with Gasteiger partial charge in [-0.15, -0.1) is 11.3 Å². The van der Waals surface area contributed by atoms with Gasteiger partial charge < -0.3 is 0 Å². The summed E-state index contributed by atoms with van der Waals surface area (Å²) in [6.07, 6.45) is 0. The number of halogens is 2. The summed E-state index contributed by atoms with van der Waals surface area (Å²) in [5.74, 6) is -0.508. The highest BCUT2D eigenvalue weighted by Crippen LogP contribution is 2.27. The van der Waals surface area contributed by atoms with E-state index in [0.29, 0.717) is 5.13 Å². The van der Waals surface area contributed by atoms with Crippen LogP contribution < -0.4 is 4.72 Å². The van der Waals surface area contributed by atoms with E-state index in [1.807, 2.05) is 6.92 Å². The molecule has 0 aliphatic heterocycles. The molecule has 102 valence electrons. The highest BCUT2D eigenvalue weighted by Gasteiger charge is 2.20. The normalized spacial score (nSPS) is 11.6. The first-order chi connectivity index (χ1) is 8.79. The molecule has 0 bridgehead atoms. The average Bonchev–Trinajstić information content (AvgIpc) is 2.56. The number of thiazole rings is 1. The number of anilines is 1. The molecule has 1 aromatic carbocycles. The van der Waals surface area contributed by atoms with Gasteiger partial charge in [0.15, 0.2) is 5.13 Å². The van der Waals surface area contributed by atoms with Crippen molar-refractivity contribution in [3.05, 3.63) is 39.1 Å². The topological polar surface area (TPSA) is 59.1 Å². The van der Waals surface area contributed by atoms with Crippen molar-refractivity contribution in [3.8, 4) is 0 Å². The Hall–Kier alpha value is -0.990. The van der Waals surface area contributed by atoms with E-state index >= 15 is 0 Å². The lowest BCUT2D eigenvalue weighted by molar-refractivity contribution is 0.599. The zero-order valence-electron chi connectivity index (χ0n) is 10.1. The predicted octanol–water partition coefficient (Wildman–Crippen LogP) is 3.46. The molecule has 0 amide bonds. The number of hydrogen-bond acceptors (Lipinski definition) is 4. The fourth-order valence-electron chi connectivity index (χ4n) is 1.38. The van der Waals surface area contributed by atoms with Gasteiger partial charge in [-0.05, 0) is 48.0 Å². The van der Waals surface area contributed by atoms with E-state index in [9.17, 15) is 12.8 Å². The van der Waals surface area contributed by atoms with Crippen molar-refractivity contribution in [1.82, 2.24) is 4.98 Å². The molecule has 0 fully saturated rings. The summed E-state index contributed by atoms with van der Waals surface area (Å²) in [6.45, 7) is 3.66. The number of rotatable bonds is 3. The summed E-state index contributed by atoms with van der Waals surface area (Å²) in [7, 11) is -3.78. The van der Waals surface area contributed by atoms with Gasteiger partial charge in [0.2, 0.25) is 0 Å². The van der Waals surface area contributed by atoms with Gasteiger partial charge >= 0.3 is 0 Å². The minimum Gasteiger partial charge on any atom is -0.255 e. The second-order valence-corrected chi connectivity index (χ2v) is 7.55. The molecule has 2 aromatic rings. The molecule has 0 aliphatic rings. The van der Waals surface area contributed by atoms with E-state index in [1.54, 1.807) is 6.92 Å². The maximum absolute atomic E-state index is 13.0. The van der Waals surface area contributed by atoms with Gasteiger partial charge in [0.05, 0.1) is 5.69 Å². The molecule has 1 heterocycles. The molecule has 2 rings (SSSR count). The molecule has 0 atom stereocenters. The smallest absolute Gasteiger partial charge is 0.255 e. The van der Waals surface area contributed by atoms with Crippen LogP contribution in [0.2, 0.25) is 0 Å². The first-order valence-electron chi connectivity index (χ1n) is 5.21. The van der Waals surface area contributed by atoms with Gasteiger partial charge in [0.25, 0.3) is 10.0 Å². The van der Waals surface area contributed by atoms with Crippen LogP contribution >= 0.6 is 27.3 Å². The van der Waals surface area contributed by atoms with Crippen molar-refractivity contribution < 1.29 is 12.8 Å². The Balaban J connectivity index is 2.37. The van der Waals surface area contributed by atoms with Gasteiger partial charge in [-0.1, -0.05) is 0 Å². The summed E-state index contributed by atoms with van der Waals surface area (Å²) in [4.78, 5) is 5.02. The first-order valence-corrected chi connectivity index (χ1v) is 8.31. The highest BCUT2D eigenvalue weighted by atomic mass is 79.9. The summed E-state index contributed by atoms with van der Waals surface area (Å²) < 4.78 is 39.8. The van der Waals surface area contributed by atoms with Crippen molar-refractivity contribution in [3.63, 3.8) is 0 Å². The Morgan fingerprint density at radius 3 is 2.58 bits per heavy atom. The number of aryl methyl sites for hydroxylation is 2. The van der Waals surface area contributed by atoms with Crippen LogP contribution in [0.3, 0.4) is 0 Å². The Bertz CT molecular complexity index is 709. The van der Waals surface area contributed by atoms with Crippen molar-refractivity contribution in [2.45, 2.75) is 18.7 Å². The van der Waals surface area contributed by atoms with Crippen molar-refractivity contribution >= 4 is 42.4 Å². The van der Waals surface area contributed by atoms with E-state index in [2.05, 4.69) is 25.6 Å². The number of sulfonamides is 1. The van der Waals surface area contributed by atoms with Gasteiger partial charge in [-0.25, -0.2) is 17.8 Å². The molecular weight excluding hydrogens is 355 g/mol. The van der Waals surface area contributed by atoms with Gasteiger partial charge in [-0.2, -0.15) is 0 Å². The fraction of sp³-hybridized carbons (Fsp3) is 0.182. The summed E-state index contributed by atoms with van der Waals surface area (Å²) in [5, 5.41) is 0.297. The summed E-state index contributed by atoms with van der Waals surface area (Å²) in [6, 6.07) is 3.40. The monoisotopic (exact) mass is 364 g/mol. The third-order valence-electron chi connectivity index (χ3n) is 2.43. The quantitative estimate of drug-likeness (QED) is 0.906. The summed E-state index contributed by atoms with van der Waals surface area (Å²) in [5.41, 5.74) is 0.779. The second-order valence-electron chi connectivity index (χ2n) is 3.84. The van der Waals surface area contributed by atoms with Crippen molar-refractivity contribution in [1.29, 1.82) is 0 Å². The molecule has 0 saturated carbocycles. The average molecular weight is 365 g/mol. The third-order valence-corrected chi connectivity index (χ3v) is 5.87. The van der Waals surface area contributed by atoms with Crippen LogP contribution in [-0.2, 0) is 10.0 Å². The van der Waals surface area contributed by atoms with E-state index in [0.717, 1.165) is 22.7 Å². The molecule has 8 heteroatoms. The first kappa shape index (κ1) is 14.4. The lowest BCUT2D eigenvalue weighted by atomic mass is 10.3. The largest absolute Gasteiger partial charge is 0.264 e. The van der Waals surface area contributed by atoms with Crippen LogP contribution in [0.25, 0.3) is 0 Å². The van der Waals surface area contributed by atoms with Crippen LogP contribution in [0.1, 0.15) is 10.6 Å². The Labute approximate surface area is 122 Å². The van der Waals surface area contributed by atoms with E-state index in [4.69, 9.17) is 0 Å². The Kier molecular flexibility index (Phi) is 3.93. The number of nitrogens with zero attached hydrogens (tertiary/aromatic N) is 1. The molecule has 19 heavy (non-hydrogen) atoms. The van der Waals surface area contributed by atoms with Crippen molar-refractivity contribution in [2.75, 3.05) is 4.72 Å². The molecule has 0 saturated heterocycles. The Morgan fingerprint density at radius 2 is 2.05 bits per heavy atom. The summed E-state index contributed by atoms with van der Waals surface area (Å²) >= 11 is 4.29. The van der Waals surface area contributed by atoms with Crippen LogP contribution in [-0.4, -0.2) is 13.4 Å². The second kappa shape index (κ2) is 5.18.